The zero-order valence-electron chi connectivity index (χ0n) is 12.6. The molecule has 1 N–H and O–H groups in total. The third-order valence-electron chi connectivity index (χ3n) is 2.83. The van der Waals surface area contributed by atoms with Crippen LogP contribution in [-0.2, 0) is 4.79 Å². The van der Waals surface area contributed by atoms with Crippen LogP contribution in [0.2, 0.25) is 0 Å². The molecule has 5 nitrogen and oxygen atoms in total. The smallest absolute Gasteiger partial charge is 0.277 e. The summed E-state index contributed by atoms with van der Waals surface area (Å²) in [6.07, 6.45) is 3.37. The van der Waals surface area contributed by atoms with Crippen molar-refractivity contribution in [2.45, 2.75) is 0 Å². The highest BCUT2D eigenvalue weighted by Gasteiger charge is 2.01. The van der Waals surface area contributed by atoms with Crippen molar-refractivity contribution in [3.63, 3.8) is 0 Å². The largest absolute Gasteiger partial charge is 0.484 e. The highest BCUT2D eigenvalue weighted by molar-refractivity contribution is 9.12. The zero-order valence-corrected chi connectivity index (χ0v) is 14.2. The van der Waals surface area contributed by atoms with Crippen molar-refractivity contribution in [2.75, 3.05) is 6.61 Å². The Kier molecular flexibility index (Phi) is 6.74. The molecule has 0 aliphatic carbocycles. The number of nitrogens with zero attached hydrogens (tertiary/aromatic N) is 2. The minimum Gasteiger partial charge on any atom is -0.484 e. The monoisotopic (exact) mass is 383 g/mol. The Bertz CT molecular complexity index is 778. The molecule has 2 rings (SSSR count). The van der Waals surface area contributed by atoms with Gasteiger partial charge in [0.05, 0.1) is 17.8 Å². The fraction of sp³-hybridized carbons (Fsp3) is 0.0556. The normalized spacial score (nSPS) is 11.1. The summed E-state index contributed by atoms with van der Waals surface area (Å²) in [5.41, 5.74) is 3.93. The molecule has 0 spiro atoms. The molecule has 120 valence electrons. The predicted octanol–water partition coefficient (Wildman–Crippen LogP) is 3.48. The summed E-state index contributed by atoms with van der Waals surface area (Å²) in [5.74, 6) is 0.133. The number of halogens is 1. The molecule has 0 aliphatic heterocycles. The fourth-order valence-electron chi connectivity index (χ4n) is 1.72. The van der Waals surface area contributed by atoms with E-state index in [0.717, 1.165) is 10.0 Å². The quantitative estimate of drug-likeness (QED) is 0.612. The van der Waals surface area contributed by atoms with Gasteiger partial charge in [-0.2, -0.15) is 10.4 Å². The number of allylic oxidation sites excluding steroid dienone is 1. The van der Waals surface area contributed by atoms with Gasteiger partial charge in [0.15, 0.2) is 6.61 Å². The van der Waals surface area contributed by atoms with E-state index in [1.807, 2.05) is 42.5 Å². The van der Waals surface area contributed by atoms with Crippen molar-refractivity contribution < 1.29 is 9.53 Å². The van der Waals surface area contributed by atoms with Gasteiger partial charge < -0.3 is 4.74 Å². The lowest BCUT2D eigenvalue weighted by atomic mass is 10.2. The van der Waals surface area contributed by atoms with Crippen LogP contribution in [0.4, 0.5) is 0 Å². The number of carbonyl (C=O) groups is 1. The van der Waals surface area contributed by atoms with Gasteiger partial charge in [-0.05, 0) is 51.8 Å². The van der Waals surface area contributed by atoms with Gasteiger partial charge in [0.2, 0.25) is 0 Å². The minimum absolute atomic E-state index is 0.163. The molecule has 0 aliphatic rings. The van der Waals surface area contributed by atoms with Gasteiger partial charge in [-0.25, -0.2) is 5.43 Å². The van der Waals surface area contributed by atoms with Crippen molar-refractivity contribution in [3.05, 3.63) is 70.2 Å². The molecule has 2 aromatic rings. The maximum atomic E-state index is 11.6. The summed E-state index contributed by atoms with van der Waals surface area (Å²) >= 11 is 3.36. The number of rotatable bonds is 6. The first-order chi connectivity index (χ1) is 11.7. The lowest BCUT2D eigenvalue weighted by Crippen LogP contribution is -2.24. The average molecular weight is 384 g/mol. The highest BCUT2D eigenvalue weighted by atomic mass is 79.9. The molecular formula is C18H14BrN3O2. The van der Waals surface area contributed by atoms with Crippen LogP contribution in [0.25, 0.3) is 6.08 Å². The number of amides is 1. The molecule has 0 bridgehead atoms. The van der Waals surface area contributed by atoms with E-state index in [-0.39, 0.29) is 12.5 Å². The summed E-state index contributed by atoms with van der Waals surface area (Å²) in [7, 11) is 0. The fourth-order valence-corrected chi connectivity index (χ4v) is 2.09. The molecule has 0 atom stereocenters. The number of carbonyl (C=O) groups excluding carboxylic acids is 1. The summed E-state index contributed by atoms with van der Waals surface area (Å²) in [6.45, 7) is -0.163. The van der Waals surface area contributed by atoms with E-state index in [1.54, 1.807) is 24.3 Å². The number of hydrogen-bond donors (Lipinski definition) is 1. The van der Waals surface area contributed by atoms with Gasteiger partial charge in [0.1, 0.15) is 5.75 Å². The lowest BCUT2D eigenvalue weighted by Gasteiger charge is -2.04. The second-order valence-electron chi connectivity index (χ2n) is 4.66. The summed E-state index contributed by atoms with van der Waals surface area (Å²) < 4.78 is 6.02. The van der Waals surface area contributed by atoms with E-state index >= 15 is 0 Å². The van der Waals surface area contributed by atoms with Gasteiger partial charge in [0, 0.05) is 4.48 Å². The van der Waals surface area contributed by atoms with Crippen LogP contribution in [0, 0.1) is 11.3 Å². The van der Waals surface area contributed by atoms with Crippen LogP contribution in [0.15, 0.2) is 64.2 Å². The Morgan fingerprint density at radius 1 is 1.21 bits per heavy atom. The Morgan fingerprint density at radius 2 is 1.92 bits per heavy atom. The molecule has 0 saturated heterocycles. The minimum atomic E-state index is -0.379. The van der Waals surface area contributed by atoms with Crippen molar-refractivity contribution in [2.24, 2.45) is 5.10 Å². The summed E-state index contributed by atoms with van der Waals surface area (Å²) in [6, 6.07) is 18.2. The summed E-state index contributed by atoms with van der Waals surface area (Å²) in [5, 5.41) is 12.5. The van der Waals surface area contributed by atoms with Crippen LogP contribution in [0.5, 0.6) is 5.75 Å². The SMILES string of the molecule is N#Cc1ccc(OCC(=O)N/N=C/C(Br)=C/c2ccccc2)cc1. The number of nitrogens with one attached hydrogen (secondary N) is 1. The van der Waals surface area contributed by atoms with Crippen molar-refractivity contribution in [3.8, 4) is 11.8 Å². The molecule has 0 saturated carbocycles. The molecule has 1 amide bonds. The average Bonchev–Trinajstić information content (AvgIpc) is 2.61. The lowest BCUT2D eigenvalue weighted by molar-refractivity contribution is -0.123. The Morgan fingerprint density at radius 3 is 2.58 bits per heavy atom. The van der Waals surface area contributed by atoms with Crippen molar-refractivity contribution >= 4 is 34.1 Å². The van der Waals surface area contributed by atoms with Gasteiger partial charge in [-0.1, -0.05) is 30.3 Å². The maximum absolute atomic E-state index is 11.6. The van der Waals surface area contributed by atoms with Crippen molar-refractivity contribution in [1.82, 2.24) is 5.43 Å². The molecule has 24 heavy (non-hydrogen) atoms. The number of ether oxygens (including phenoxy) is 1. The molecule has 2 aromatic carbocycles. The van der Waals surface area contributed by atoms with Crippen LogP contribution >= 0.6 is 15.9 Å². The van der Waals surface area contributed by atoms with Gasteiger partial charge in [-0.15, -0.1) is 0 Å². The maximum Gasteiger partial charge on any atom is 0.277 e. The van der Waals surface area contributed by atoms with Crippen LogP contribution < -0.4 is 10.2 Å². The predicted molar refractivity (Wildman–Crippen MR) is 96.6 cm³/mol. The first-order valence-corrected chi connectivity index (χ1v) is 7.84. The number of hydrogen-bond acceptors (Lipinski definition) is 4. The van der Waals surface area contributed by atoms with Crippen molar-refractivity contribution in [1.29, 1.82) is 5.26 Å². The Balaban J connectivity index is 1.78. The topological polar surface area (TPSA) is 74.5 Å². The number of hydrazone groups is 1. The third-order valence-corrected chi connectivity index (χ3v) is 3.27. The molecule has 6 heteroatoms. The molecule has 0 unspecified atom stereocenters. The molecule has 0 aromatic heterocycles. The van der Waals surface area contributed by atoms with Crippen LogP contribution in [-0.4, -0.2) is 18.7 Å². The first kappa shape index (κ1) is 17.4. The van der Waals surface area contributed by atoms with Crippen LogP contribution in [0.3, 0.4) is 0 Å². The Labute approximate surface area is 148 Å². The molecule has 0 fully saturated rings. The molecule has 0 heterocycles. The second-order valence-corrected chi connectivity index (χ2v) is 5.57. The van der Waals surface area contributed by atoms with Gasteiger partial charge in [0.25, 0.3) is 5.91 Å². The second kappa shape index (κ2) is 9.28. The number of benzene rings is 2. The van der Waals surface area contributed by atoms with Crippen LogP contribution in [0.1, 0.15) is 11.1 Å². The highest BCUT2D eigenvalue weighted by Crippen LogP contribution is 2.11. The summed E-state index contributed by atoms with van der Waals surface area (Å²) in [4.78, 5) is 11.6. The standard InChI is InChI=1S/C18H14BrN3O2/c19-16(10-14-4-2-1-3-5-14)12-21-22-18(23)13-24-17-8-6-15(11-20)7-9-17/h1-10,12H,13H2,(H,22,23)/b16-10-,21-12+. The molecule has 0 radical (unpaired) electrons. The zero-order chi connectivity index (χ0) is 17.2. The van der Waals surface area contributed by atoms with Gasteiger partial charge in [-0.3, -0.25) is 4.79 Å². The van der Waals surface area contributed by atoms with E-state index in [9.17, 15) is 4.79 Å². The van der Waals surface area contributed by atoms with Gasteiger partial charge >= 0.3 is 0 Å². The van der Waals surface area contributed by atoms with E-state index in [2.05, 4.69) is 26.5 Å². The third kappa shape index (κ3) is 6.07. The van der Waals surface area contributed by atoms with E-state index in [0.29, 0.717) is 11.3 Å². The Hall–Kier alpha value is -2.91. The molecular weight excluding hydrogens is 370 g/mol. The first-order valence-electron chi connectivity index (χ1n) is 7.04. The van der Waals surface area contributed by atoms with E-state index in [4.69, 9.17) is 10.00 Å². The van der Waals surface area contributed by atoms with E-state index in [1.165, 1.54) is 6.21 Å². The number of nitriles is 1. The van der Waals surface area contributed by atoms with E-state index < -0.39 is 0 Å².